The third kappa shape index (κ3) is 2.90. The first kappa shape index (κ1) is 13.7. The van der Waals surface area contributed by atoms with Crippen molar-refractivity contribution in [2.75, 3.05) is 7.05 Å². The van der Waals surface area contributed by atoms with Gasteiger partial charge in [0.1, 0.15) is 5.52 Å². The Morgan fingerprint density at radius 1 is 1.25 bits per heavy atom. The normalized spacial score (nSPS) is 11.1. The van der Waals surface area contributed by atoms with Crippen molar-refractivity contribution in [3.05, 3.63) is 52.5 Å². The van der Waals surface area contributed by atoms with E-state index < -0.39 is 0 Å². The fraction of sp³-hybridized carbons (Fsp3) is 0.133. The lowest BCUT2D eigenvalue weighted by Crippen LogP contribution is -2.06. The zero-order chi connectivity index (χ0) is 13.9. The summed E-state index contributed by atoms with van der Waals surface area (Å²) in [5.74, 6) is 0. The number of benzene rings is 2. The van der Waals surface area contributed by atoms with Crippen molar-refractivity contribution in [2.24, 2.45) is 0 Å². The van der Waals surface area contributed by atoms with Crippen molar-refractivity contribution in [1.82, 2.24) is 10.3 Å². The maximum atomic E-state index is 5.76. The van der Waals surface area contributed by atoms with Gasteiger partial charge in [-0.15, -0.1) is 0 Å². The molecule has 0 bridgehead atoms. The molecule has 0 aliphatic carbocycles. The highest BCUT2D eigenvalue weighted by Gasteiger charge is 2.10. The van der Waals surface area contributed by atoms with Gasteiger partial charge in [0.05, 0.1) is 0 Å². The van der Waals surface area contributed by atoms with Crippen LogP contribution in [0.5, 0.6) is 0 Å². The van der Waals surface area contributed by atoms with E-state index in [-0.39, 0.29) is 0 Å². The van der Waals surface area contributed by atoms with Gasteiger partial charge in [-0.3, -0.25) is 0 Å². The SMILES string of the molecule is CNCc1cc(Br)ccc1Sc1nc2ccccc2o1. The zero-order valence-electron chi connectivity index (χ0n) is 10.9. The molecule has 1 aromatic heterocycles. The quantitative estimate of drug-likeness (QED) is 0.755. The van der Waals surface area contributed by atoms with Gasteiger partial charge in [0.15, 0.2) is 5.58 Å². The maximum Gasteiger partial charge on any atom is 0.261 e. The van der Waals surface area contributed by atoms with E-state index in [9.17, 15) is 0 Å². The maximum absolute atomic E-state index is 5.76. The molecule has 0 aliphatic heterocycles. The summed E-state index contributed by atoms with van der Waals surface area (Å²) >= 11 is 5.05. The van der Waals surface area contributed by atoms with E-state index in [1.807, 2.05) is 37.4 Å². The first-order chi connectivity index (χ1) is 9.76. The lowest BCUT2D eigenvalue weighted by Gasteiger charge is -2.07. The molecule has 0 fully saturated rings. The molecule has 0 saturated heterocycles. The highest BCUT2D eigenvalue weighted by molar-refractivity contribution is 9.10. The van der Waals surface area contributed by atoms with Gasteiger partial charge in [-0.25, -0.2) is 4.98 Å². The molecule has 0 radical (unpaired) electrons. The summed E-state index contributed by atoms with van der Waals surface area (Å²) in [7, 11) is 1.94. The summed E-state index contributed by atoms with van der Waals surface area (Å²) in [6, 6.07) is 14.0. The standard InChI is InChI=1S/C15H13BrN2OS/c1-17-9-10-8-11(16)6-7-14(10)20-15-18-12-4-2-3-5-13(12)19-15/h2-8,17H,9H2,1H3. The molecular weight excluding hydrogens is 336 g/mol. The summed E-state index contributed by atoms with van der Waals surface area (Å²) in [6.07, 6.45) is 0. The van der Waals surface area contributed by atoms with E-state index in [0.717, 1.165) is 27.0 Å². The minimum atomic E-state index is 0.672. The monoisotopic (exact) mass is 348 g/mol. The number of nitrogens with one attached hydrogen (secondary N) is 1. The molecule has 3 aromatic rings. The van der Waals surface area contributed by atoms with Crippen molar-refractivity contribution >= 4 is 38.8 Å². The van der Waals surface area contributed by atoms with E-state index >= 15 is 0 Å². The molecule has 0 unspecified atom stereocenters. The second-order valence-electron chi connectivity index (χ2n) is 4.33. The number of oxazole rings is 1. The van der Waals surface area contributed by atoms with E-state index in [2.05, 4.69) is 38.4 Å². The Balaban J connectivity index is 1.93. The second-order valence-corrected chi connectivity index (χ2v) is 6.24. The van der Waals surface area contributed by atoms with Crippen LogP contribution in [0.25, 0.3) is 11.1 Å². The topological polar surface area (TPSA) is 38.1 Å². The van der Waals surface area contributed by atoms with Crippen LogP contribution in [0, 0.1) is 0 Å². The third-order valence-corrected chi connectivity index (χ3v) is 4.32. The van der Waals surface area contributed by atoms with Gasteiger partial charge < -0.3 is 9.73 Å². The largest absolute Gasteiger partial charge is 0.431 e. The summed E-state index contributed by atoms with van der Waals surface area (Å²) in [6.45, 7) is 0.808. The Labute approximate surface area is 129 Å². The van der Waals surface area contributed by atoms with E-state index in [4.69, 9.17) is 4.42 Å². The highest BCUT2D eigenvalue weighted by Crippen LogP contribution is 2.33. The van der Waals surface area contributed by atoms with Crippen LogP contribution in [0.1, 0.15) is 5.56 Å². The van der Waals surface area contributed by atoms with Crippen LogP contribution < -0.4 is 5.32 Å². The number of fused-ring (bicyclic) bond motifs is 1. The predicted molar refractivity (Wildman–Crippen MR) is 85.0 cm³/mol. The smallest absolute Gasteiger partial charge is 0.261 e. The molecule has 1 heterocycles. The minimum Gasteiger partial charge on any atom is -0.431 e. The zero-order valence-corrected chi connectivity index (χ0v) is 13.3. The van der Waals surface area contributed by atoms with Crippen LogP contribution >= 0.6 is 27.7 Å². The highest BCUT2D eigenvalue weighted by atomic mass is 79.9. The Morgan fingerprint density at radius 2 is 2.10 bits per heavy atom. The second kappa shape index (κ2) is 5.99. The van der Waals surface area contributed by atoms with Crippen LogP contribution in [0.3, 0.4) is 0 Å². The van der Waals surface area contributed by atoms with Crippen molar-refractivity contribution in [2.45, 2.75) is 16.7 Å². The Bertz CT molecular complexity index is 709. The van der Waals surface area contributed by atoms with Gasteiger partial charge in [-0.05, 0) is 54.7 Å². The molecule has 0 atom stereocenters. The fourth-order valence-electron chi connectivity index (χ4n) is 1.96. The first-order valence-corrected chi connectivity index (χ1v) is 7.83. The molecule has 5 heteroatoms. The third-order valence-electron chi connectivity index (χ3n) is 2.86. The molecule has 3 rings (SSSR count). The van der Waals surface area contributed by atoms with Gasteiger partial charge >= 0.3 is 0 Å². The summed E-state index contributed by atoms with van der Waals surface area (Å²) in [4.78, 5) is 5.64. The average molecular weight is 349 g/mol. The van der Waals surface area contributed by atoms with Gasteiger partial charge in [-0.1, -0.05) is 28.1 Å². The molecule has 20 heavy (non-hydrogen) atoms. The fourth-order valence-corrected chi connectivity index (χ4v) is 3.24. The van der Waals surface area contributed by atoms with Crippen LogP contribution in [-0.4, -0.2) is 12.0 Å². The van der Waals surface area contributed by atoms with Crippen molar-refractivity contribution in [3.63, 3.8) is 0 Å². The van der Waals surface area contributed by atoms with E-state index in [1.165, 1.54) is 5.56 Å². The van der Waals surface area contributed by atoms with Gasteiger partial charge in [-0.2, -0.15) is 0 Å². The molecule has 0 aliphatic rings. The summed E-state index contributed by atoms with van der Waals surface area (Å²) in [5.41, 5.74) is 2.93. The number of rotatable bonds is 4. The molecular formula is C15H13BrN2OS. The van der Waals surface area contributed by atoms with Gasteiger partial charge in [0.25, 0.3) is 5.22 Å². The number of para-hydroxylation sites is 2. The number of halogens is 1. The predicted octanol–water partition coefficient (Wildman–Crippen LogP) is 4.46. The first-order valence-electron chi connectivity index (χ1n) is 6.23. The lowest BCUT2D eigenvalue weighted by molar-refractivity contribution is 0.489. The molecule has 102 valence electrons. The van der Waals surface area contributed by atoms with Gasteiger partial charge in [0, 0.05) is 15.9 Å². The lowest BCUT2D eigenvalue weighted by atomic mass is 10.2. The number of hydrogen-bond donors (Lipinski definition) is 1. The van der Waals surface area contributed by atoms with E-state index in [1.54, 1.807) is 11.8 Å². The molecule has 0 saturated carbocycles. The van der Waals surface area contributed by atoms with Crippen LogP contribution in [0.15, 0.2) is 61.5 Å². The Kier molecular flexibility index (Phi) is 4.10. The molecule has 0 amide bonds. The van der Waals surface area contributed by atoms with Crippen LogP contribution in [-0.2, 0) is 6.54 Å². The van der Waals surface area contributed by atoms with Crippen molar-refractivity contribution in [3.8, 4) is 0 Å². The molecule has 2 aromatic carbocycles. The molecule has 3 nitrogen and oxygen atoms in total. The number of nitrogens with zero attached hydrogens (tertiary/aromatic N) is 1. The van der Waals surface area contributed by atoms with Crippen LogP contribution in [0.4, 0.5) is 0 Å². The Hall–Kier alpha value is -1.30. The Morgan fingerprint density at radius 3 is 2.90 bits per heavy atom. The molecule has 0 spiro atoms. The summed E-state index contributed by atoms with van der Waals surface area (Å²) in [5, 5.41) is 3.85. The van der Waals surface area contributed by atoms with Gasteiger partial charge in [0.2, 0.25) is 0 Å². The van der Waals surface area contributed by atoms with Crippen molar-refractivity contribution < 1.29 is 4.42 Å². The minimum absolute atomic E-state index is 0.672. The number of hydrogen-bond acceptors (Lipinski definition) is 4. The van der Waals surface area contributed by atoms with Crippen LogP contribution in [0.2, 0.25) is 0 Å². The average Bonchev–Trinajstić information content (AvgIpc) is 2.84. The number of aromatic nitrogens is 1. The van der Waals surface area contributed by atoms with E-state index in [0.29, 0.717) is 5.22 Å². The summed E-state index contributed by atoms with van der Waals surface area (Å²) < 4.78 is 6.83. The van der Waals surface area contributed by atoms with Crippen molar-refractivity contribution in [1.29, 1.82) is 0 Å². The molecule has 1 N–H and O–H groups in total.